The van der Waals surface area contributed by atoms with Crippen molar-refractivity contribution >= 4 is 22.8 Å². The second kappa shape index (κ2) is 8.81. The Hall–Kier alpha value is -3.08. The van der Waals surface area contributed by atoms with Crippen LogP contribution in [0.4, 0.5) is 5.69 Å². The first-order chi connectivity index (χ1) is 15.3. The van der Waals surface area contributed by atoms with Crippen LogP contribution in [0.15, 0.2) is 36.5 Å². The summed E-state index contributed by atoms with van der Waals surface area (Å²) in [6.07, 6.45) is -0.102. The number of aliphatic hydroxyl groups excluding tert-OH is 2. The van der Waals surface area contributed by atoms with Crippen molar-refractivity contribution in [2.45, 2.75) is 44.4 Å². The molecule has 1 amide bonds. The molecule has 1 unspecified atom stereocenters. The number of hydrogen-bond donors (Lipinski definition) is 3. The number of ether oxygens (including phenoxy) is 2. The van der Waals surface area contributed by atoms with Gasteiger partial charge in [-0.05, 0) is 29.2 Å². The van der Waals surface area contributed by atoms with E-state index in [0.29, 0.717) is 22.6 Å². The lowest BCUT2D eigenvalue weighted by Crippen LogP contribution is -2.31. The first-order valence-electron chi connectivity index (χ1n) is 10.4. The molecule has 3 atom stereocenters. The Morgan fingerprint density at radius 3 is 2.69 bits per heavy atom. The monoisotopic (exact) mass is 441 g/mol. The molecule has 2 aromatic heterocycles. The van der Waals surface area contributed by atoms with Gasteiger partial charge in [-0.2, -0.15) is 0 Å². The molecule has 170 valence electrons. The molecule has 1 aromatic carbocycles. The van der Waals surface area contributed by atoms with Crippen molar-refractivity contribution in [1.29, 1.82) is 0 Å². The average Bonchev–Trinajstić information content (AvgIpc) is 3.35. The molecule has 4 rings (SSSR count). The number of anilines is 1. The number of amides is 1. The number of pyridine rings is 1. The first kappa shape index (κ1) is 22.1. The second-order valence-corrected chi connectivity index (χ2v) is 8.79. The van der Waals surface area contributed by atoms with Gasteiger partial charge in [-0.3, -0.25) is 4.79 Å². The Balaban J connectivity index is 1.43. The first-order valence-corrected chi connectivity index (χ1v) is 10.4. The predicted molar refractivity (Wildman–Crippen MR) is 116 cm³/mol. The van der Waals surface area contributed by atoms with Gasteiger partial charge in [-0.1, -0.05) is 38.1 Å². The van der Waals surface area contributed by atoms with E-state index in [1.54, 1.807) is 6.07 Å². The summed E-state index contributed by atoms with van der Waals surface area (Å²) in [6, 6.07) is 8.75. The Bertz CT molecular complexity index is 1090. The van der Waals surface area contributed by atoms with E-state index in [1.807, 2.05) is 24.3 Å². The minimum absolute atomic E-state index is 0.0414. The summed E-state index contributed by atoms with van der Waals surface area (Å²) in [6.45, 7) is 6.11. The van der Waals surface area contributed by atoms with Crippen LogP contribution in [0.25, 0.3) is 11.2 Å². The van der Waals surface area contributed by atoms with Gasteiger partial charge < -0.3 is 25.0 Å². The van der Waals surface area contributed by atoms with Crippen molar-refractivity contribution < 1.29 is 24.5 Å². The molecule has 1 aliphatic rings. The van der Waals surface area contributed by atoms with Crippen LogP contribution in [0.1, 0.15) is 32.4 Å². The van der Waals surface area contributed by atoms with Crippen LogP contribution < -0.4 is 10.1 Å². The summed E-state index contributed by atoms with van der Waals surface area (Å²) < 4.78 is 12.5. The van der Waals surface area contributed by atoms with Crippen molar-refractivity contribution in [2.24, 2.45) is 0 Å². The third kappa shape index (κ3) is 4.43. The van der Waals surface area contributed by atoms with E-state index in [9.17, 15) is 15.0 Å². The maximum atomic E-state index is 12.5. The standard InChI is InChI=1S/C22H27N5O5/c1-22(2,3)13-4-6-14(7-5-13)31-12-18(29)24-15-8-9-23-21-19(15)25-26-27(21)16-11-32-17(10-28)20(16)30/h4-9,16-17,20,28,30H,10-12H2,1-3H3,(H,23,24,29)/t16?,17-,20+/m1/s1. The lowest BCUT2D eigenvalue weighted by molar-refractivity contribution is -0.118. The van der Waals surface area contributed by atoms with Crippen molar-refractivity contribution in [3.05, 3.63) is 42.1 Å². The number of carbonyl (C=O) groups is 1. The van der Waals surface area contributed by atoms with E-state index >= 15 is 0 Å². The summed E-state index contributed by atoms with van der Waals surface area (Å²) in [7, 11) is 0. The zero-order chi connectivity index (χ0) is 22.9. The third-order valence-electron chi connectivity index (χ3n) is 5.48. The lowest BCUT2D eigenvalue weighted by atomic mass is 9.87. The van der Waals surface area contributed by atoms with Crippen LogP contribution >= 0.6 is 0 Å². The van der Waals surface area contributed by atoms with Crippen LogP contribution in [0, 0.1) is 0 Å². The molecule has 0 radical (unpaired) electrons. The number of carbonyl (C=O) groups excluding carboxylic acids is 1. The van der Waals surface area contributed by atoms with Gasteiger partial charge in [0.25, 0.3) is 5.91 Å². The fraction of sp³-hybridized carbons (Fsp3) is 0.455. The second-order valence-electron chi connectivity index (χ2n) is 8.79. The van der Waals surface area contributed by atoms with E-state index in [4.69, 9.17) is 9.47 Å². The normalized spacial score (nSPS) is 21.1. The largest absolute Gasteiger partial charge is 0.484 e. The van der Waals surface area contributed by atoms with Crippen molar-refractivity contribution in [2.75, 3.05) is 25.1 Å². The third-order valence-corrected chi connectivity index (χ3v) is 5.48. The zero-order valence-electron chi connectivity index (χ0n) is 18.2. The number of nitrogens with zero attached hydrogens (tertiary/aromatic N) is 4. The molecule has 0 saturated carbocycles. The summed E-state index contributed by atoms with van der Waals surface area (Å²) in [5.74, 6) is 0.254. The van der Waals surface area contributed by atoms with E-state index in [2.05, 4.69) is 41.4 Å². The molecule has 1 saturated heterocycles. The quantitative estimate of drug-likeness (QED) is 0.524. The molecule has 3 N–H and O–H groups in total. The van der Waals surface area contributed by atoms with Gasteiger partial charge in [-0.15, -0.1) is 5.10 Å². The number of hydrogen-bond acceptors (Lipinski definition) is 8. The van der Waals surface area contributed by atoms with Crippen LogP contribution in [0.3, 0.4) is 0 Å². The minimum Gasteiger partial charge on any atom is -0.484 e. The SMILES string of the molecule is CC(C)(C)c1ccc(OCC(=O)Nc2ccnc3c2nnn3C2CO[C@H](CO)[C@H]2O)cc1. The van der Waals surface area contributed by atoms with Gasteiger partial charge in [0.1, 0.15) is 24.0 Å². The summed E-state index contributed by atoms with van der Waals surface area (Å²) >= 11 is 0. The Labute approximate surface area is 185 Å². The van der Waals surface area contributed by atoms with Gasteiger partial charge in [0.15, 0.2) is 17.8 Å². The van der Waals surface area contributed by atoms with Gasteiger partial charge in [0, 0.05) is 6.20 Å². The minimum atomic E-state index is -0.942. The average molecular weight is 441 g/mol. The van der Waals surface area contributed by atoms with E-state index in [1.165, 1.54) is 16.4 Å². The fourth-order valence-corrected chi connectivity index (χ4v) is 3.60. The number of rotatable bonds is 6. The highest BCUT2D eigenvalue weighted by Crippen LogP contribution is 2.28. The van der Waals surface area contributed by atoms with E-state index < -0.39 is 18.2 Å². The molecular weight excluding hydrogens is 414 g/mol. The highest BCUT2D eigenvalue weighted by molar-refractivity contribution is 5.98. The maximum Gasteiger partial charge on any atom is 0.262 e. The van der Waals surface area contributed by atoms with Crippen molar-refractivity contribution in [1.82, 2.24) is 20.0 Å². The summed E-state index contributed by atoms with van der Waals surface area (Å²) in [4.78, 5) is 16.7. The number of nitrogens with one attached hydrogen (secondary N) is 1. The molecule has 10 heteroatoms. The number of aromatic nitrogens is 4. The van der Waals surface area contributed by atoms with Gasteiger partial charge in [0.05, 0.1) is 18.9 Å². The Morgan fingerprint density at radius 1 is 1.28 bits per heavy atom. The molecule has 1 aliphatic heterocycles. The molecule has 0 aliphatic carbocycles. The van der Waals surface area contributed by atoms with E-state index in [0.717, 1.165) is 0 Å². The van der Waals surface area contributed by atoms with Crippen molar-refractivity contribution in [3.63, 3.8) is 0 Å². The van der Waals surface area contributed by atoms with Crippen LogP contribution in [-0.4, -0.2) is 68.1 Å². The van der Waals surface area contributed by atoms with Gasteiger partial charge in [-0.25, -0.2) is 9.67 Å². The predicted octanol–water partition coefficient (Wildman–Crippen LogP) is 1.43. The Morgan fingerprint density at radius 2 is 2.03 bits per heavy atom. The van der Waals surface area contributed by atoms with Crippen LogP contribution in [-0.2, 0) is 14.9 Å². The summed E-state index contributed by atoms with van der Waals surface area (Å²) in [5.41, 5.74) is 2.44. The highest BCUT2D eigenvalue weighted by Gasteiger charge is 2.38. The fourth-order valence-electron chi connectivity index (χ4n) is 3.60. The molecule has 10 nitrogen and oxygen atoms in total. The molecule has 3 heterocycles. The molecule has 1 fully saturated rings. The molecular formula is C22H27N5O5. The number of benzene rings is 1. The lowest BCUT2D eigenvalue weighted by Gasteiger charge is -2.19. The molecule has 32 heavy (non-hydrogen) atoms. The number of fused-ring (bicyclic) bond motifs is 1. The van der Waals surface area contributed by atoms with Crippen LogP contribution in [0.2, 0.25) is 0 Å². The number of aliphatic hydroxyl groups is 2. The smallest absolute Gasteiger partial charge is 0.262 e. The van der Waals surface area contributed by atoms with Crippen LogP contribution in [0.5, 0.6) is 5.75 Å². The van der Waals surface area contributed by atoms with E-state index in [-0.39, 0.29) is 31.1 Å². The molecule has 0 bridgehead atoms. The molecule has 0 spiro atoms. The highest BCUT2D eigenvalue weighted by atomic mass is 16.5. The summed E-state index contributed by atoms with van der Waals surface area (Å²) in [5, 5.41) is 30.6. The Kier molecular flexibility index (Phi) is 6.09. The zero-order valence-corrected chi connectivity index (χ0v) is 18.2. The maximum absolute atomic E-state index is 12.5. The van der Waals surface area contributed by atoms with Gasteiger partial charge in [0.2, 0.25) is 0 Å². The van der Waals surface area contributed by atoms with Crippen molar-refractivity contribution in [3.8, 4) is 5.75 Å². The van der Waals surface area contributed by atoms with Gasteiger partial charge >= 0.3 is 0 Å². The molecule has 3 aromatic rings. The topological polar surface area (TPSA) is 132 Å².